The molecule has 1 N–H and O–H groups in total. The van der Waals surface area contributed by atoms with E-state index in [2.05, 4.69) is 17.1 Å². The van der Waals surface area contributed by atoms with Gasteiger partial charge in [-0.25, -0.2) is 4.79 Å². The molecule has 29 heavy (non-hydrogen) atoms. The number of nitrogens with one attached hydrogen (secondary N) is 1. The minimum atomic E-state index is -0.458. The molecule has 0 aliphatic carbocycles. The quantitative estimate of drug-likeness (QED) is 0.592. The van der Waals surface area contributed by atoms with Gasteiger partial charge in [0.2, 0.25) is 0 Å². The molecule has 1 saturated heterocycles. The van der Waals surface area contributed by atoms with Crippen LogP contribution in [-0.2, 0) is 11.2 Å². The van der Waals surface area contributed by atoms with Crippen LogP contribution in [-0.4, -0.2) is 49.4 Å². The molecule has 1 unspecified atom stereocenters. The second kappa shape index (κ2) is 13.0. The number of nitrogens with zero attached hydrogens (tertiary/aromatic N) is 1. The number of ether oxygens (including phenoxy) is 2. The van der Waals surface area contributed by atoms with Crippen molar-refractivity contribution in [1.82, 2.24) is 10.2 Å². The summed E-state index contributed by atoms with van der Waals surface area (Å²) in [6.45, 7) is 16.1. The lowest BCUT2D eigenvalue weighted by Gasteiger charge is -2.21. The van der Waals surface area contributed by atoms with Crippen LogP contribution in [0, 0.1) is 5.92 Å². The normalized spacial score (nSPS) is 16.7. The Morgan fingerprint density at radius 2 is 2.03 bits per heavy atom. The minimum Gasteiger partial charge on any atom is -0.493 e. The van der Waals surface area contributed by atoms with E-state index in [-0.39, 0.29) is 6.09 Å². The molecule has 0 aromatic heterocycles. The number of alkyl carbamates (subject to hydrolysis) is 1. The summed E-state index contributed by atoms with van der Waals surface area (Å²) in [6, 6.07) is 5.85. The van der Waals surface area contributed by atoms with Crippen LogP contribution in [0.3, 0.4) is 0 Å². The number of carbonyl (C=O) groups excluding carboxylic acids is 1. The fourth-order valence-corrected chi connectivity index (χ4v) is 3.39. The number of hydrogen-bond donors (Lipinski definition) is 1. The lowest BCUT2D eigenvalue weighted by atomic mass is 10.1. The first-order valence-corrected chi connectivity index (χ1v) is 11.2. The first kappa shape index (κ1) is 25.6. The number of rotatable bonds is 8. The molecule has 1 heterocycles. The Balaban J connectivity index is 0.00000204. The van der Waals surface area contributed by atoms with Crippen LogP contribution in [0.25, 0.3) is 0 Å². The lowest BCUT2D eigenvalue weighted by Crippen LogP contribution is -2.36. The predicted molar refractivity (Wildman–Crippen MR) is 121 cm³/mol. The Morgan fingerprint density at radius 1 is 1.31 bits per heavy atom. The highest BCUT2D eigenvalue weighted by atomic mass is 35.5. The molecule has 1 aliphatic rings. The minimum absolute atomic E-state index is 0.336. The van der Waals surface area contributed by atoms with Crippen molar-refractivity contribution in [3.05, 3.63) is 28.8 Å². The third-order valence-electron chi connectivity index (χ3n) is 4.49. The number of hydrogen-bond acceptors (Lipinski definition) is 4. The molecular weight excluding hydrogens is 388 g/mol. The van der Waals surface area contributed by atoms with E-state index in [1.54, 1.807) is 0 Å². The summed E-state index contributed by atoms with van der Waals surface area (Å²) in [7, 11) is 0. The Morgan fingerprint density at radius 3 is 2.69 bits per heavy atom. The van der Waals surface area contributed by atoms with Crippen LogP contribution in [0.2, 0.25) is 5.02 Å². The zero-order valence-corrected chi connectivity index (χ0v) is 19.8. The van der Waals surface area contributed by atoms with Crippen molar-refractivity contribution >= 4 is 17.7 Å². The number of likely N-dealkylation sites (tertiary alicyclic amines) is 1. The smallest absolute Gasteiger partial charge is 0.407 e. The highest BCUT2D eigenvalue weighted by Gasteiger charge is 2.24. The fourth-order valence-electron chi connectivity index (χ4n) is 3.20. The van der Waals surface area contributed by atoms with Crippen molar-refractivity contribution in [2.75, 3.05) is 32.8 Å². The average molecular weight is 427 g/mol. The molecule has 1 amide bonds. The summed E-state index contributed by atoms with van der Waals surface area (Å²) in [5, 5.41) is 3.64. The van der Waals surface area contributed by atoms with Crippen molar-refractivity contribution in [2.24, 2.45) is 5.92 Å². The van der Waals surface area contributed by atoms with Gasteiger partial charge < -0.3 is 19.7 Å². The van der Waals surface area contributed by atoms with E-state index in [0.29, 0.717) is 12.5 Å². The molecule has 6 heteroatoms. The third kappa shape index (κ3) is 10.2. The molecule has 0 saturated carbocycles. The molecular formula is C23H39ClN2O3. The van der Waals surface area contributed by atoms with E-state index in [0.717, 1.165) is 61.8 Å². The Hall–Kier alpha value is -1.46. The van der Waals surface area contributed by atoms with Gasteiger partial charge in [0.25, 0.3) is 0 Å². The summed E-state index contributed by atoms with van der Waals surface area (Å²) >= 11 is 6.16. The van der Waals surface area contributed by atoms with E-state index in [4.69, 9.17) is 21.1 Å². The van der Waals surface area contributed by atoms with Gasteiger partial charge in [0.15, 0.2) is 0 Å². The van der Waals surface area contributed by atoms with Crippen LogP contribution in [0.5, 0.6) is 5.75 Å². The summed E-state index contributed by atoms with van der Waals surface area (Å²) in [5.41, 5.74) is 0.701. The molecule has 1 aromatic rings. The molecule has 2 rings (SSSR count). The van der Waals surface area contributed by atoms with Gasteiger partial charge >= 0.3 is 6.09 Å². The van der Waals surface area contributed by atoms with E-state index in [1.807, 2.05) is 52.8 Å². The van der Waals surface area contributed by atoms with Gasteiger partial charge in [-0.15, -0.1) is 0 Å². The van der Waals surface area contributed by atoms with Gasteiger partial charge in [-0.3, -0.25) is 0 Å². The molecule has 1 atom stereocenters. The van der Waals surface area contributed by atoms with Crippen LogP contribution in [0.15, 0.2) is 18.2 Å². The molecule has 0 radical (unpaired) electrons. The maximum absolute atomic E-state index is 11.8. The average Bonchev–Trinajstić information content (AvgIpc) is 3.12. The van der Waals surface area contributed by atoms with Crippen molar-refractivity contribution in [3.63, 3.8) is 0 Å². The fraction of sp³-hybridized carbons (Fsp3) is 0.696. The van der Waals surface area contributed by atoms with E-state index >= 15 is 0 Å². The van der Waals surface area contributed by atoms with Crippen LogP contribution >= 0.6 is 11.6 Å². The monoisotopic (exact) mass is 426 g/mol. The Kier molecular flexibility index (Phi) is 11.4. The van der Waals surface area contributed by atoms with Crippen LogP contribution in [0.4, 0.5) is 4.79 Å². The van der Waals surface area contributed by atoms with Gasteiger partial charge in [0.05, 0.1) is 6.61 Å². The van der Waals surface area contributed by atoms with Crippen molar-refractivity contribution in [2.45, 2.75) is 66.4 Å². The van der Waals surface area contributed by atoms with Crippen LogP contribution in [0.1, 0.15) is 59.9 Å². The summed E-state index contributed by atoms with van der Waals surface area (Å²) < 4.78 is 11.1. The number of amides is 1. The molecule has 5 nitrogen and oxygen atoms in total. The van der Waals surface area contributed by atoms with Crippen molar-refractivity contribution in [3.8, 4) is 5.75 Å². The third-order valence-corrected chi connectivity index (χ3v) is 4.72. The van der Waals surface area contributed by atoms with E-state index in [9.17, 15) is 4.79 Å². The Bertz CT molecular complexity index is 617. The molecule has 1 aliphatic heterocycles. The van der Waals surface area contributed by atoms with E-state index in [1.165, 1.54) is 0 Å². The first-order chi connectivity index (χ1) is 13.8. The SMILES string of the molecule is CC.CCCOc1ccc(Cl)cc1CCN1CCC(CNC(=O)OC(C)(C)C)C1. The zero-order chi connectivity index (χ0) is 21.9. The summed E-state index contributed by atoms with van der Waals surface area (Å²) in [6.07, 6.45) is 2.65. The van der Waals surface area contributed by atoms with Gasteiger partial charge in [-0.05, 0) is 76.3 Å². The van der Waals surface area contributed by atoms with Gasteiger partial charge in [-0.1, -0.05) is 32.4 Å². The second-order valence-corrected chi connectivity index (χ2v) is 8.63. The highest BCUT2D eigenvalue weighted by molar-refractivity contribution is 6.30. The van der Waals surface area contributed by atoms with Crippen molar-refractivity contribution in [1.29, 1.82) is 0 Å². The summed E-state index contributed by atoms with van der Waals surface area (Å²) in [4.78, 5) is 14.2. The second-order valence-electron chi connectivity index (χ2n) is 8.19. The predicted octanol–water partition coefficient (Wildman–Crippen LogP) is 5.54. The lowest BCUT2D eigenvalue weighted by molar-refractivity contribution is 0.0519. The standard InChI is InChI=1S/C21H33ClN2O3.C2H6/c1-5-12-26-19-7-6-18(22)13-17(19)9-11-24-10-8-16(15-24)14-23-20(25)27-21(2,3)4;1-2/h6-7,13,16H,5,8-12,14-15H2,1-4H3,(H,23,25);1-2H3. The number of benzene rings is 1. The van der Waals surface area contributed by atoms with Crippen LogP contribution < -0.4 is 10.1 Å². The Labute approximate surface area is 182 Å². The molecule has 0 bridgehead atoms. The number of halogens is 1. The van der Waals surface area contributed by atoms with Crippen molar-refractivity contribution < 1.29 is 14.3 Å². The van der Waals surface area contributed by atoms with Gasteiger partial charge in [0.1, 0.15) is 11.4 Å². The number of carbonyl (C=O) groups is 1. The molecule has 1 aromatic carbocycles. The van der Waals surface area contributed by atoms with Gasteiger partial charge in [0, 0.05) is 24.7 Å². The topological polar surface area (TPSA) is 50.8 Å². The van der Waals surface area contributed by atoms with Gasteiger partial charge in [-0.2, -0.15) is 0 Å². The highest BCUT2D eigenvalue weighted by Crippen LogP contribution is 2.25. The maximum Gasteiger partial charge on any atom is 0.407 e. The largest absolute Gasteiger partial charge is 0.493 e. The molecule has 1 fully saturated rings. The maximum atomic E-state index is 11.8. The summed E-state index contributed by atoms with van der Waals surface area (Å²) in [5.74, 6) is 1.40. The molecule has 166 valence electrons. The molecule has 0 spiro atoms. The zero-order valence-electron chi connectivity index (χ0n) is 19.0. The van der Waals surface area contributed by atoms with E-state index < -0.39 is 5.60 Å². The first-order valence-electron chi connectivity index (χ1n) is 10.9.